The fraction of sp³-hybridized carbons (Fsp3) is 0.524. The minimum Gasteiger partial charge on any atom is -0.480 e. The van der Waals surface area contributed by atoms with Crippen LogP contribution in [0.5, 0.6) is 0 Å². The van der Waals surface area contributed by atoms with Gasteiger partial charge < -0.3 is 15.3 Å². The van der Waals surface area contributed by atoms with Gasteiger partial charge in [-0.15, -0.1) is 0 Å². The van der Waals surface area contributed by atoms with Gasteiger partial charge in [0.2, 0.25) is 11.8 Å². The van der Waals surface area contributed by atoms with Crippen molar-refractivity contribution in [2.45, 2.75) is 63.3 Å². The maximum Gasteiger partial charge on any atom is 0.323 e. The Morgan fingerprint density at radius 1 is 1.28 bits per heavy atom. The standard InChI is InChI=1S/C21H28N2O5S/c1-14(24)29-17(12-15-8-5-4-6-9-15)19(27)22-16-10-7-11-21(2,3)23(20(16)28)13-18(25)26/h4-6,8-9,16-17H,7,10-13H2,1-3H3,(H,22,27)(H,25,26)/t16-,17-/m0/s1. The highest BCUT2D eigenvalue weighted by molar-refractivity contribution is 8.14. The van der Waals surface area contributed by atoms with Crippen molar-refractivity contribution in [3.8, 4) is 0 Å². The number of carboxylic acid groups (broad SMARTS) is 1. The van der Waals surface area contributed by atoms with E-state index in [2.05, 4.69) is 5.32 Å². The van der Waals surface area contributed by atoms with E-state index in [1.165, 1.54) is 11.8 Å². The highest BCUT2D eigenvalue weighted by atomic mass is 32.2. The summed E-state index contributed by atoms with van der Waals surface area (Å²) in [6.45, 7) is 4.67. The summed E-state index contributed by atoms with van der Waals surface area (Å²) in [5, 5.41) is 11.1. The third-order valence-electron chi connectivity index (χ3n) is 5.05. The van der Waals surface area contributed by atoms with E-state index >= 15 is 0 Å². The Morgan fingerprint density at radius 3 is 2.52 bits per heavy atom. The van der Waals surface area contributed by atoms with E-state index in [9.17, 15) is 24.3 Å². The number of carbonyl (C=O) groups is 4. The van der Waals surface area contributed by atoms with Gasteiger partial charge in [0, 0.05) is 12.5 Å². The Labute approximate surface area is 175 Å². The number of likely N-dealkylation sites (tertiary alicyclic amines) is 1. The molecule has 8 heteroatoms. The number of benzene rings is 1. The largest absolute Gasteiger partial charge is 0.480 e. The van der Waals surface area contributed by atoms with Gasteiger partial charge in [-0.05, 0) is 45.1 Å². The number of carboxylic acids is 1. The Bertz CT molecular complexity index is 766. The molecular formula is C21H28N2O5S. The second kappa shape index (κ2) is 9.91. The third kappa shape index (κ3) is 6.59. The lowest BCUT2D eigenvalue weighted by molar-refractivity contribution is -0.149. The minimum absolute atomic E-state index is 0.179. The predicted molar refractivity (Wildman–Crippen MR) is 111 cm³/mol. The minimum atomic E-state index is -1.09. The molecule has 1 saturated heterocycles. The number of hydrogen-bond acceptors (Lipinski definition) is 5. The zero-order valence-corrected chi connectivity index (χ0v) is 17.8. The predicted octanol–water partition coefficient (Wildman–Crippen LogP) is 2.24. The van der Waals surface area contributed by atoms with Crippen LogP contribution in [0, 0.1) is 0 Å². The van der Waals surface area contributed by atoms with Gasteiger partial charge in [-0.25, -0.2) is 0 Å². The molecule has 1 aromatic rings. The van der Waals surface area contributed by atoms with Crippen molar-refractivity contribution in [2.75, 3.05) is 6.54 Å². The molecule has 2 N–H and O–H groups in total. The van der Waals surface area contributed by atoms with Gasteiger partial charge in [0.15, 0.2) is 5.12 Å². The van der Waals surface area contributed by atoms with Crippen molar-refractivity contribution in [3.05, 3.63) is 35.9 Å². The number of carbonyl (C=O) groups excluding carboxylic acids is 3. The first-order valence-corrected chi connectivity index (χ1v) is 10.5. The van der Waals surface area contributed by atoms with Crippen LogP contribution in [0.15, 0.2) is 30.3 Å². The molecular weight excluding hydrogens is 392 g/mol. The average Bonchev–Trinajstić information content (AvgIpc) is 2.73. The first-order chi connectivity index (χ1) is 13.6. The van der Waals surface area contributed by atoms with Crippen LogP contribution in [0.4, 0.5) is 0 Å². The van der Waals surface area contributed by atoms with Gasteiger partial charge in [0.05, 0.1) is 5.25 Å². The molecule has 2 atom stereocenters. The zero-order valence-electron chi connectivity index (χ0n) is 17.0. The lowest BCUT2D eigenvalue weighted by Crippen LogP contribution is -2.56. The molecule has 0 bridgehead atoms. The van der Waals surface area contributed by atoms with E-state index in [-0.39, 0.29) is 11.0 Å². The Balaban J connectivity index is 2.16. The highest BCUT2D eigenvalue weighted by Gasteiger charge is 2.40. The molecule has 0 aromatic heterocycles. The molecule has 7 nitrogen and oxygen atoms in total. The first kappa shape index (κ1) is 22.9. The summed E-state index contributed by atoms with van der Waals surface area (Å²) >= 11 is 0.939. The van der Waals surface area contributed by atoms with Crippen LogP contribution < -0.4 is 5.32 Å². The molecule has 0 radical (unpaired) electrons. The number of thioether (sulfide) groups is 1. The average molecular weight is 421 g/mol. The Kier molecular flexibility index (Phi) is 7.84. The Hall–Kier alpha value is -2.35. The molecule has 0 unspecified atom stereocenters. The molecule has 2 amide bonds. The van der Waals surface area contributed by atoms with Crippen molar-refractivity contribution < 1.29 is 24.3 Å². The molecule has 2 rings (SSSR count). The zero-order chi connectivity index (χ0) is 21.6. The van der Waals surface area contributed by atoms with E-state index in [1.54, 1.807) is 0 Å². The molecule has 0 spiro atoms. The molecule has 1 aliphatic rings. The number of rotatable bonds is 7. The van der Waals surface area contributed by atoms with Crippen LogP contribution >= 0.6 is 11.8 Å². The summed E-state index contributed by atoms with van der Waals surface area (Å²) in [5.74, 6) is -1.87. The van der Waals surface area contributed by atoms with Crippen LogP contribution in [0.3, 0.4) is 0 Å². The van der Waals surface area contributed by atoms with Crippen LogP contribution in [0.25, 0.3) is 0 Å². The number of nitrogens with zero attached hydrogens (tertiary/aromatic N) is 1. The highest BCUT2D eigenvalue weighted by Crippen LogP contribution is 2.28. The fourth-order valence-electron chi connectivity index (χ4n) is 3.53. The summed E-state index contributed by atoms with van der Waals surface area (Å²) in [6.07, 6.45) is 2.13. The smallest absolute Gasteiger partial charge is 0.323 e. The van der Waals surface area contributed by atoms with E-state index in [0.717, 1.165) is 17.3 Å². The maximum absolute atomic E-state index is 13.0. The van der Waals surface area contributed by atoms with Crippen molar-refractivity contribution >= 4 is 34.7 Å². The second-order valence-electron chi connectivity index (χ2n) is 7.87. The summed E-state index contributed by atoms with van der Waals surface area (Å²) in [4.78, 5) is 50.2. The van der Waals surface area contributed by atoms with E-state index < -0.39 is 35.3 Å². The lowest BCUT2D eigenvalue weighted by atomic mass is 9.97. The topological polar surface area (TPSA) is 104 Å². The number of amides is 2. The summed E-state index contributed by atoms with van der Waals surface area (Å²) < 4.78 is 0. The van der Waals surface area contributed by atoms with Crippen molar-refractivity contribution in [1.82, 2.24) is 10.2 Å². The van der Waals surface area contributed by atoms with Crippen molar-refractivity contribution in [2.24, 2.45) is 0 Å². The van der Waals surface area contributed by atoms with E-state index in [1.807, 2.05) is 44.2 Å². The molecule has 1 aromatic carbocycles. The van der Waals surface area contributed by atoms with Crippen molar-refractivity contribution in [1.29, 1.82) is 0 Å². The van der Waals surface area contributed by atoms with Gasteiger partial charge in [0.25, 0.3) is 0 Å². The van der Waals surface area contributed by atoms with Gasteiger partial charge >= 0.3 is 5.97 Å². The van der Waals surface area contributed by atoms with Crippen LogP contribution in [-0.4, -0.2) is 56.3 Å². The molecule has 1 heterocycles. The summed E-state index contributed by atoms with van der Waals surface area (Å²) in [7, 11) is 0. The van der Waals surface area contributed by atoms with Gasteiger partial charge in [0.1, 0.15) is 12.6 Å². The van der Waals surface area contributed by atoms with Gasteiger partial charge in [-0.3, -0.25) is 19.2 Å². The molecule has 1 aliphatic heterocycles. The van der Waals surface area contributed by atoms with E-state index in [0.29, 0.717) is 25.7 Å². The number of hydrogen-bond donors (Lipinski definition) is 2. The van der Waals surface area contributed by atoms with Crippen LogP contribution in [0.1, 0.15) is 45.6 Å². The van der Waals surface area contributed by atoms with Gasteiger partial charge in [-0.1, -0.05) is 42.1 Å². The van der Waals surface area contributed by atoms with Crippen LogP contribution in [0.2, 0.25) is 0 Å². The molecule has 158 valence electrons. The number of aliphatic carboxylic acids is 1. The first-order valence-electron chi connectivity index (χ1n) is 9.65. The molecule has 29 heavy (non-hydrogen) atoms. The van der Waals surface area contributed by atoms with E-state index in [4.69, 9.17) is 0 Å². The monoisotopic (exact) mass is 420 g/mol. The Morgan fingerprint density at radius 2 is 1.93 bits per heavy atom. The SMILES string of the molecule is CC(=O)S[C@@H](Cc1ccccc1)C(=O)N[C@H]1CCCC(C)(C)N(CC(=O)O)C1=O. The summed E-state index contributed by atoms with van der Waals surface area (Å²) in [5.41, 5.74) is 0.314. The molecule has 0 saturated carbocycles. The summed E-state index contributed by atoms with van der Waals surface area (Å²) in [6, 6.07) is 8.57. The lowest BCUT2D eigenvalue weighted by Gasteiger charge is -2.37. The van der Waals surface area contributed by atoms with Crippen LogP contribution in [-0.2, 0) is 25.6 Å². The maximum atomic E-state index is 13.0. The quantitative estimate of drug-likeness (QED) is 0.701. The van der Waals surface area contributed by atoms with Gasteiger partial charge in [-0.2, -0.15) is 0 Å². The number of nitrogens with one attached hydrogen (secondary N) is 1. The normalized spacial score (nSPS) is 19.9. The molecule has 0 aliphatic carbocycles. The second-order valence-corrected chi connectivity index (χ2v) is 9.25. The fourth-order valence-corrected chi connectivity index (χ4v) is 4.38. The van der Waals surface area contributed by atoms with Crippen molar-refractivity contribution in [3.63, 3.8) is 0 Å². The molecule has 1 fully saturated rings. The third-order valence-corrected chi connectivity index (χ3v) is 6.05.